The maximum Gasteiger partial charge on any atom is 0.333 e. The maximum absolute atomic E-state index is 13.1. The highest BCUT2D eigenvalue weighted by molar-refractivity contribution is 6.64. The van der Waals surface area contributed by atoms with Gasteiger partial charge in [0.25, 0.3) is 0 Å². The molecular formula is C53H108N2O5Si. The maximum atomic E-state index is 13.1. The lowest BCUT2D eigenvalue weighted by Gasteiger charge is -2.29. The summed E-state index contributed by atoms with van der Waals surface area (Å²) in [6.07, 6.45) is 43.0. The van der Waals surface area contributed by atoms with E-state index in [4.69, 9.17) is 18.3 Å². The van der Waals surface area contributed by atoms with Crippen LogP contribution >= 0.6 is 0 Å². The van der Waals surface area contributed by atoms with E-state index in [9.17, 15) is 4.79 Å². The van der Waals surface area contributed by atoms with Crippen molar-refractivity contribution in [1.82, 2.24) is 9.80 Å². The van der Waals surface area contributed by atoms with E-state index in [1.54, 1.807) is 0 Å². The van der Waals surface area contributed by atoms with Crippen LogP contribution in [-0.4, -0.2) is 89.7 Å². The van der Waals surface area contributed by atoms with Gasteiger partial charge in [0.15, 0.2) is 0 Å². The first-order valence-corrected chi connectivity index (χ1v) is 30.1. The van der Waals surface area contributed by atoms with Crippen LogP contribution in [0.3, 0.4) is 0 Å². The van der Waals surface area contributed by atoms with Crippen LogP contribution in [0, 0.1) is 5.92 Å². The molecule has 0 aromatic heterocycles. The number of likely N-dealkylation sites (tertiary alicyclic amines) is 1. The van der Waals surface area contributed by atoms with Crippen molar-refractivity contribution in [2.75, 3.05) is 53.0 Å². The Labute approximate surface area is 382 Å². The van der Waals surface area contributed by atoms with Gasteiger partial charge in [-0.25, -0.2) is 0 Å². The fourth-order valence-electron chi connectivity index (χ4n) is 9.11. The molecule has 7 nitrogen and oxygen atoms in total. The number of unbranched alkanes of at least 4 members (excludes halogenated alkanes) is 23. The number of carbonyl (C=O) groups excluding carboxylic acids is 1. The van der Waals surface area contributed by atoms with Crippen molar-refractivity contribution in [1.29, 1.82) is 0 Å². The number of ether oxygens (including phenoxy) is 2. The van der Waals surface area contributed by atoms with E-state index in [-0.39, 0.29) is 18.2 Å². The molecule has 1 fully saturated rings. The third-order valence-corrected chi connectivity index (χ3v) is 15.0. The predicted molar refractivity (Wildman–Crippen MR) is 266 cm³/mol. The minimum absolute atomic E-state index is 0.0830. The molecule has 1 aliphatic rings. The summed E-state index contributed by atoms with van der Waals surface area (Å²) in [5, 5.41) is 0. The van der Waals surface area contributed by atoms with Gasteiger partial charge in [0, 0.05) is 19.3 Å². The first-order chi connectivity index (χ1) is 29.8. The number of rotatable bonds is 47. The van der Waals surface area contributed by atoms with Gasteiger partial charge in [0.1, 0.15) is 6.29 Å². The molecular weight excluding hydrogens is 773 g/mol. The normalized spacial score (nSPS) is 15.9. The van der Waals surface area contributed by atoms with Gasteiger partial charge >= 0.3 is 14.5 Å². The lowest BCUT2D eigenvalue weighted by atomic mass is 9.94. The van der Waals surface area contributed by atoms with Crippen LogP contribution in [0.5, 0.6) is 0 Å². The first kappa shape index (κ1) is 58.5. The number of nitrogens with zero attached hydrogens (tertiary/aromatic N) is 2. The molecule has 0 spiro atoms. The molecule has 8 heteroatoms. The zero-order chi connectivity index (χ0) is 44.5. The summed E-state index contributed by atoms with van der Waals surface area (Å²) < 4.78 is 25.3. The van der Waals surface area contributed by atoms with E-state index in [2.05, 4.69) is 57.6 Å². The molecule has 0 aromatic rings. The van der Waals surface area contributed by atoms with Crippen molar-refractivity contribution in [3.8, 4) is 0 Å². The summed E-state index contributed by atoms with van der Waals surface area (Å²) in [5.74, 6) is 0.192. The molecule has 1 heterocycles. The van der Waals surface area contributed by atoms with Crippen molar-refractivity contribution in [2.24, 2.45) is 5.92 Å². The zero-order valence-corrected chi connectivity index (χ0v) is 43.4. The summed E-state index contributed by atoms with van der Waals surface area (Å²) >= 11 is 0. The summed E-state index contributed by atoms with van der Waals surface area (Å²) in [5.41, 5.74) is 0. The predicted octanol–water partition coefficient (Wildman–Crippen LogP) is 15.6. The van der Waals surface area contributed by atoms with Gasteiger partial charge in [-0.05, 0) is 123 Å². The van der Waals surface area contributed by atoms with Crippen LogP contribution in [0.15, 0.2) is 0 Å². The van der Waals surface area contributed by atoms with Crippen LogP contribution in [-0.2, 0) is 23.1 Å². The molecule has 0 N–H and O–H groups in total. The molecule has 0 bridgehead atoms. The summed E-state index contributed by atoms with van der Waals surface area (Å²) in [6, 6.07) is 0.752. The smallest absolute Gasteiger partial charge is 0.333 e. The van der Waals surface area contributed by atoms with Crippen molar-refractivity contribution in [3.63, 3.8) is 0 Å². The third kappa shape index (κ3) is 35.4. The fourth-order valence-corrected chi connectivity index (χ4v) is 10.6. The Hall–Kier alpha value is -0.513. The molecule has 364 valence electrons. The van der Waals surface area contributed by atoms with Crippen LogP contribution in [0.1, 0.15) is 252 Å². The van der Waals surface area contributed by atoms with Gasteiger partial charge in [-0.2, -0.15) is 0 Å². The Morgan fingerprint density at radius 1 is 0.574 bits per heavy atom. The van der Waals surface area contributed by atoms with Crippen molar-refractivity contribution in [3.05, 3.63) is 0 Å². The molecule has 61 heavy (non-hydrogen) atoms. The van der Waals surface area contributed by atoms with E-state index in [1.165, 1.54) is 200 Å². The topological polar surface area (TPSA) is 60.5 Å². The Morgan fingerprint density at radius 2 is 1.03 bits per heavy atom. The highest BCUT2D eigenvalue weighted by Gasteiger charge is 2.29. The zero-order valence-electron chi connectivity index (χ0n) is 42.4. The SMILES string of the molecule is CCCCCCCCOC(CCCCCCC)O[Si](C)(C)OCCCCCCN(CCCCCCOC(=O)C(CCCCCC)CCCCCCCC)CCC1CCCN1C. The van der Waals surface area contributed by atoms with E-state index in [0.29, 0.717) is 6.61 Å². The van der Waals surface area contributed by atoms with Gasteiger partial charge in [-0.1, -0.05) is 175 Å². The van der Waals surface area contributed by atoms with Crippen molar-refractivity contribution >= 4 is 14.5 Å². The molecule has 0 radical (unpaired) electrons. The quantitative estimate of drug-likeness (QED) is 0.0261. The Bertz CT molecular complexity index is 940. The second-order valence-electron chi connectivity index (χ2n) is 19.6. The van der Waals surface area contributed by atoms with Crippen molar-refractivity contribution in [2.45, 2.75) is 278 Å². The molecule has 0 aliphatic carbocycles. The molecule has 0 saturated carbocycles. The molecule has 1 aliphatic heterocycles. The number of carbonyl (C=O) groups is 1. The first-order valence-electron chi connectivity index (χ1n) is 27.3. The minimum Gasteiger partial charge on any atom is -0.465 e. The van der Waals surface area contributed by atoms with Gasteiger partial charge < -0.3 is 28.1 Å². The van der Waals surface area contributed by atoms with Crippen LogP contribution in [0.25, 0.3) is 0 Å². The fraction of sp³-hybridized carbons (Fsp3) is 0.981. The van der Waals surface area contributed by atoms with Crippen molar-refractivity contribution < 1.29 is 23.1 Å². The monoisotopic (exact) mass is 881 g/mol. The lowest BCUT2D eigenvalue weighted by molar-refractivity contribution is -0.149. The molecule has 0 amide bonds. The van der Waals surface area contributed by atoms with Gasteiger partial charge in [-0.3, -0.25) is 4.79 Å². The second kappa shape index (κ2) is 42.1. The molecule has 3 atom stereocenters. The Kier molecular flexibility index (Phi) is 40.4. The van der Waals surface area contributed by atoms with E-state index in [0.717, 1.165) is 70.6 Å². The number of hydrogen-bond acceptors (Lipinski definition) is 7. The number of esters is 1. The lowest BCUT2D eigenvalue weighted by Crippen LogP contribution is -2.40. The number of hydrogen-bond donors (Lipinski definition) is 0. The summed E-state index contributed by atoms with van der Waals surface area (Å²) in [6.45, 7) is 20.6. The Balaban J connectivity index is 2.42. The molecule has 3 unspecified atom stereocenters. The standard InChI is InChI=1S/C53H108N2O5Si/c1-8-12-16-20-23-30-39-50(38-29-19-15-11-4)53(56)58-48-35-27-24-32-44-55(46-42-51-40-37-43-54(51)5)45-33-25-28-36-49-59-61(6,7)60-52(41-31-22-18-14-10-3)57-47-34-26-21-17-13-9-2/h50-52H,8-49H2,1-7H3. The van der Waals surface area contributed by atoms with Gasteiger partial charge in [0.2, 0.25) is 0 Å². The van der Waals surface area contributed by atoms with Gasteiger partial charge in [-0.15, -0.1) is 0 Å². The van der Waals surface area contributed by atoms with E-state index >= 15 is 0 Å². The van der Waals surface area contributed by atoms with Crippen LogP contribution < -0.4 is 0 Å². The van der Waals surface area contributed by atoms with E-state index in [1.807, 2.05) is 0 Å². The highest BCUT2D eigenvalue weighted by Crippen LogP contribution is 2.23. The minimum atomic E-state index is -2.26. The Morgan fingerprint density at radius 3 is 1.57 bits per heavy atom. The average molecular weight is 882 g/mol. The average Bonchev–Trinajstić information content (AvgIpc) is 3.66. The van der Waals surface area contributed by atoms with E-state index < -0.39 is 8.56 Å². The van der Waals surface area contributed by atoms with Gasteiger partial charge in [0.05, 0.1) is 12.5 Å². The summed E-state index contributed by atoms with van der Waals surface area (Å²) in [4.78, 5) is 18.4. The summed E-state index contributed by atoms with van der Waals surface area (Å²) in [7, 11) is 0.0514. The third-order valence-electron chi connectivity index (χ3n) is 13.3. The molecule has 1 rings (SSSR count). The molecule has 1 saturated heterocycles. The molecule has 0 aromatic carbocycles. The largest absolute Gasteiger partial charge is 0.465 e. The second-order valence-corrected chi connectivity index (χ2v) is 23.0. The van der Waals surface area contributed by atoms with Crippen LogP contribution in [0.4, 0.5) is 0 Å². The highest BCUT2D eigenvalue weighted by atomic mass is 28.4. The van der Waals surface area contributed by atoms with Crippen LogP contribution in [0.2, 0.25) is 13.1 Å².